The highest BCUT2D eigenvalue weighted by molar-refractivity contribution is 7.10. The van der Waals surface area contributed by atoms with Crippen molar-refractivity contribution >= 4 is 17.0 Å². The lowest BCUT2D eigenvalue weighted by Gasteiger charge is -2.29. The highest BCUT2D eigenvalue weighted by Crippen LogP contribution is 2.27. The van der Waals surface area contributed by atoms with E-state index in [-0.39, 0.29) is 5.54 Å². The fraction of sp³-hybridized carbons (Fsp3) is 0.471. The second-order valence-electron chi connectivity index (χ2n) is 6.65. The first-order valence-electron chi connectivity index (χ1n) is 7.51. The van der Waals surface area contributed by atoms with E-state index in [0.717, 1.165) is 31.7 Å². The Balaban J connectivity index is 1.72. The molecule has 0 fully saturated rings. The van der Waals surface area contributed by atoms with E-state index in [1.54, 1.807) is 4.88 Å². The average Bonchev–Trinajstić information content (AvgIpc) is 2.92. The quantitative estimate of drug-likeness (QED) is 0.939. The van der Waals surface area contributed by atoms with Crippen LogP contribution in [-0.2, 0) is 19.5 Å². The molecule has 112 valence electrons. The van der Waals surface area contributed by atoms with Crippen LogP contribution in [0.4, 0.5) is 5.69 Å². The summed E-state index contributed by atoms with van der Waals surface area (Å²) in [5.74, 6) is 0. The SMILES string of the molecule is CC(C)(C)NCc1cc(N2CCc3sccc3C2)ccn1. The topological polar surface area (TPSA) is 28.2 Å². The summed E-state index contributed by atoms with van der Waals surface area (Å²) < 4.78 is 0. The second kappa shape index (κ2) is 5.78. The molecule has 0 spiro atoms. The maximum absolute atomic E-state index is 4.48. The molecule has 0 atom stereocenters. The number of pyridine rings is 1. The summed E-state index contributed by atoms with van der Waals surface area (Å²) in [5, 5.41) is 5.71. The van der Waals surface area contributed by atoms with Gasteiger partial charge in [0.05, 0.1) is 5.69 Å². The molecule has 3 nitrogen and oxygen atoms in total. The molecule has 3 rings (SSSR count). The van der Waals surface area contributed by atoms with Crippen LogP contribution in [0.5, 0.6) is 0 Å². The molecule has 0 saturated heterocycles. The Bertz CT molecular complexity index is 612. The molecular formula is C17H23N3S. The van der Waals surface area contributed by atoms with Gasteiger partial charge in [0.1, 0.15) is 0 Å². The van der Waals surface area contributed by atoms with Gasteiger partial charge in [0.15, 0.2) is 0 Å². The second-order valence-corrected chi connectivity index (χ2v) is 7.65. The Morgan fingerprint density at radius 2 is 2.19 bits per heavy atom. The monoisotopic (exact) mass is 301 g/mol. The van der Waals surface area contributed by atoms with Crippen molar-refractivity contribution in [2.24, 2.45) is 0 Å². The molecule has 0 amide bonds. The van der Waals surface area contributed by atoms with Crippen LogP contribution >= 0.6 is 11.3 Å². The van der Waals surface area contributed by atoms with Crippen molar-refractivity contribution in [1.29, 1.82) is 0 Å². The molecule has 0 radical (unpaired) electrons. The summed E-state index contributed by atoms with van der Waals surface area (Å²) >= 11 is 1.89. The molecule has 3 heterocycles. The molecule has 1 aliphatic heterocycles. The zero-order valence-corrected chi connectivity index (χ0v) is 13.8. The van der Waals surface area contributed by atoms with Gasteiger partial charge in [0.2, 0.25) is 0 Å². The molecule has 0 aromatic carbocycles. The van der Waals surface area contributed by atoms with E-state index in [0.29, 0.717) is 0 Å². The molecule has 21 heavy (non-hydrogen) atoms. The highest BCUT2D eigenvalue weighted by Gasteiger charge is 2.18. The van der Waals surface area contributed by atoms with E-state index >= 15 is 0 Å². The van der Waals surface area contributed by atoms with E-state index < -0.39 is 0 Å². The number of nitrogens with one attached hydrogen (secondary N) is 1. The largest absolute Gasteiger partial charge is 0.367 e. The van der Waals surface area contributed by atoms with Crippen LogP contribution in [0.3, 0.4) is 0 Å². The maximum atomic E-state index is 4.48. The van der Waals surface area contributed by atoms with Gasteiger partial charge in [-0.3, -0.25) is 4.98 Å². The Hall–Kier alpha value is -1.39. The highest BCUT2D eigenvalue weighted by atomic mass is 32.1. The van der Waals surface area contributed by atoms with Gasteiger partial charge in [-0.05, 0) is 56.3 Å². The summed E-state index contributed by atoms with van der Waals surface area (Å²) in [6.45, 7) is 9.48. The molecule has 1 N–H and O–H groups in total. The number of fused-ring (bicyclic) bond motifs is 1. The maximum Gasteiger partial charge on any atom is 0.0562 e. The lowest BCUT2D eigenvalue weighted by atomic mass is 10.1. The van der Waals surface area contributed by atoms with E-state index in [9.17, 15) is 0 Å². The number of aromatic nitrogens is 1. The van der Waals surface area contributed by atoms with Crippen LogP contribution in [0.1, 0.15) is 36.9 Å². The summed E-state index contributed by atoms with van der Waals surface area (Å²) in [4.78, 5) is 8.49. The number of anilines is 1. The van der Waals surface area contributed by atoms with Crippen molar-refractivity contribution in [3.8, 4) is 0 Å². The van der Waals surface area contributed by atoms with Crippen molar-refractivity contribution < 1.29 is 0 Å². The van der Waals surface area contributed by atoms with Gasteiger partial charge in [0, 0.05) is 41.9 Å². The molecule has 0 unspecified atom stereocenters. The van der Waals surface area contributed by atoms with Crippen molar-refractivity contribution in [1.82, 2.24) is 10.3 Å². The van der Waals surface area contributed by atoms with Crippen LogP contribution in [0.15, 0.2) is 29.8 Å². The number of rotatable bonds is 3. The van der Waals surface area contributed by atoms with Crippen LogP contribution in [0, 0.1) is 0 Å². The first kappa shape index (κ1) is 14.5. The molecule has 4 heteroatoms. The summed E-state index contributed by atoms with van der Waals surface area (Å²) in [5.41, 5.74) is 4.00. The van der Waals surface area contributed by atoms with Gasteiger partial charge in [-0.2, -0.15) is 0 Å². The molecule has 1 aliphatic rings. The van der Waals surface area contributed by atoms with Gasteiger partial charge in [0.25, 0.3) is 0 Å². The van der Waals surface area contributed by atoms with Crippen molar-refractivity contribution in [3.63, 3.8) is 0 Å². The number of nitrogens with zero attached hydrogens (tertiary/aromatic N) is 2. The third-order valence-corrected chi connectivity index (χ3v) is 4.80. The fourth-order valence-corrected chi connectivity index (χ4v) is 3.47. The Labute approximate surface area is 131 Å². The average molecular weight is 301 g/mol. The molecule has 2 aromatic heterocycles. The standard InChI is InChI=1S/C17H23N3S/c1-17(2,3)19-11-14-10-15(4-7-18-14)20-8-5-16-13(12-20)6-9-21-16/h4,6-7,9-10,19H,5,8,11-12H2,1-3H3. The predicted octanol–water partition coefficient (Wildman–Crippen LogP) is 3.59. The van der Waals surface area contributed by atoms with Crippen molar-refractivity contribution in [2.75, 3.05) is 11.4 Å². The smallest absolute Gasteiger partial charge is 0.0562 e. The molecule has 0 aliphatic carbocycles. The van der Waals surface area contributed by atoms with Crippen LogP contribution in [0.25, 0.3) is 0 Å². The molecular weight excluding hydrogens is 278 g/mol. The van der Waals surface area contributed by atoms with Crippen molar-refractivity contribution in [2.45, 2.75) is 45.8 Å². The van der Waals surface area contributed by atoms with Crippen molar-refractivity contribution in [3.05, 3.63) is 45.9 Å². The number of hydrogen-bond acceptors (Lipinski definition) is 4. The third kappa shape index (κ3) is 3.63. The van der Waals surface area contributed by atoms with E-state index in [2.05, 4.69) is 59.6 Å². The predicted molar refractivity (Wildman–Crippen MR) is 89.9 cm³/mol. The lowest BCUT2D eigenvalue weighted by molar-refractivity contribution is 0.421. The minimum absolute atomic E-state index is 0.119. The Morgan fingerprint density at radius 1 is 1.33 bits per heavy atom. The van der Waals surface area contributed by atoms with Gasteiger partial charge in [-0.15, -0.1) is 11.3 Å². The van der Waals surface area contributed by atoms with E-state index in [4.69, 9.17) is 0 Å². The van der Waals surface area contributed by atoms with Gasteiger partial charge >= 0.3 is 0 Å². The molecule has 2 aromatic rings. The molecule has 0 bridgehead atoms. The van der Waals surface area contributed by atoms with Gasteiger partial charge < -0.3 is 10.2 Å². The minimum atomic E-state index is 0.119. The van der Waals surface area contributed by atoms with Gasteiger partial charge in [-0.25, -0.2) is 0 Å². The lowest BCUT2D eigenvalue weighted by Crippen LogP contribution is -2.35. The summed E-state index contributed by atoms with van der Waals surface area (Å²) in [7, 11) is 0. The van der Waals surface area contributed by atoms with E-state index in [1.807, 2.05) is 17.5 Å². The fourth-order valence-electron chi connectivity index (χ4n) is 2.58. The first-order chi connectivity index (χ1) is 10.0. The first-order valence-corrected chi connectivity index (χ1v) is 8.39. The van der Waals surface area contributed by atoms with Crippen LogP contribution < -0.4 is 10.2 Å². The third-order valence-electron chi connectivity index (χ3n) is 3.77. The van der Waals surface area contributed by atoms with Gasteiger partial charge in [-0.1, -0.05) is 0 Å². The zero-order valence-electron chi connectivity index (χ0n) is 13.0. The number of hydrogen-bond donors (Lipinski definition) is 1. The van der Waals surface area contributed by atoms with Crippen LogP contribution in [-0.4, -0.2) is 17.1 Å². The summed E-state index contributed by atoms with van der Waals surface area (Å²) in [6, 6.07) is 6.60. The summed E-state index contributed by atoms with van der Waals surface area (Å²) in [6.07, 6.45) is 3.09. The number of thiophene rings is 1. The minimum Gasteiger partial charge on any atom is -0.367 e. The van der Waals surface area contributed by atoms with E-state index in [1.165, 1.54) is 11.3 Å². The van der Waals surface area contributed by atoms with Crippen LogP contribution in [0.2, 0.25) is 0 Å². The Morgan fingerprint density at radius 3 is 3.00 bits per heavy atom. The normalized spacial score (nSPS) is 15.1. The Kier molecular flexibility index (Phi) is 4.00. The molecule has 0 saturated carbocycles. The zero-order chi connectivity index (χ0) is 14.9.